The fourth-order valence-electron chi connectivity index (χ4n) is 2.08. The lowest BCUT2D eigenvalue weighted by molar-refractivity contribution is -0.134. The van der Waals surface area contributed by atoms with Crippen molar-refractivity contribution in [3.63, 3.8) is 0 Å². The molecule has 1 atom stereocenters. The molecule has 0 aliphatic carbocycles. The first kappa shape index (κ1) is 16.2. The number of Topliss-reactive ketones (excluding diaryl/α,β-unsaturated/α-hetero) is 1. The third-order valence-corrected chi connectivity index (χ3v) is 3.53. The molecular formula is C15H21BrO3. The number of ether oxygens (including phenoxy) is 2. The molecule has 1 unspecified atom stereocenters. The fraction of sp³-hybridized carbons (Fsp3) is 0.533. The van der Waals surface area contributed by atoms with Gasteiger partial charge in [0.15, 0.2) is 5.78 Å². The van der Waals surface area contributed by atoms with Crippen molar-refractivity contribution in [1.29, 1.82) is 0 Å². The summed E-state index contributed by atoms with van der Waals surface area (Å²) in [5.74, 6) is 0.849. The van der Waals surface area contributed by atoms with E-state index in [1.807, 2.05) is 39.0 Å². The van der Waals surface area contributed by atoms with Crippen LogP contribution in [0.2, 0.25) is 0 Å². The normalized spacial score (nSPS) is 13.2. The van der Waals surface area contributed by atoms with Crippen LogP contribution in [-0.4, -0.2) is 26.1 Å². The summed E-state index contributed by atoms with van der Waals surface area (Å²) in [6, 6.07) is 5.66. The number of hydrogen-bond acceptors (Lipinski definition) is 3. The fourth-order valence-corrected chi connectivity index (χ4v) is 2.67. The Morgan fingerprint density at radius 2 is 1.95 bits per heavy atom. The van der Waals surface area contributed by atoms with E-state index < -0.39 is 6.10 Å². The minimum absolute atomic E-state index is 0.0899. The molecule has 0 fully saturated rings. The molecule has 0 aliphatic rings. The molecule has 0 saturated heterocycles. The Balaban J connectivity index is 2.85. The summed E-state index contributed by atoms with van der Waals surface area (Å²) in [7, 11) is 3.20. The van der Waals surface area contributed by atoms with E-state index >= 15 is 0 Å². The predicted octanol–water partition coefficient (Wildman–Crippen LogP) is 3.63. The van der Waals surface area contributed by atoms with Crippen molar-refractivity contribution in [2.24, 2.45) is 5.41 Å². The smallest absolute Gasteiger partial charge is 0.166 e. The molecule has 3 nitrogen and oxygen atoms in total. The van der Waals surface area contributed by atoms with Crippen LogP contribution in [0.15, 0.2) is 22.7 Å². The lowest BCUT2D eigenvalue weighted by atomic mass is 9.84. The number of ketones is 1. The summed E-state index contributed by atoms with van der Waals surface area (Å²) in [4.78, 5) is 12.3. The van der Waals surface area contributed by atoms with E-state index in [-0.39, 0.29) is 11.2 Å². The van der Waals surface area contributed by atoms with Crippen LogP contribution >= 0.6 is 15.9 Å². The molecule has 1 aromatic rings. The van der Waals surface area contributed by atoms with Crippen LogP contribution in [-0.2, 0) is 16.0 Å². The molecule has 0 aromatic heterocycles. The molecule has 1 aromatic carbocycles. The zero-order valence-electron chi connectivity index (χ0n) is 12.1. The van der Waals surface area contributed by atoms with E-state index in [2.05, 4.69) is 15.9 Å². The molecule has 0 saturated carbocycles. The average molecular weight is 329 g/mol. The van der Waals surface area contributed by atoms with E-state index in [1.54, 1.807) is 14.2 Å². The van der Waals surface area contributed by atoms with Gasteiger partial charge in [0.05, 0.1) is 11.6 Å². The molecule has 19 heavy (non-hydrogen) atoms. The van der Waals surface area contributed by atoms with Gasteiger partial charge in [-0.15, -0.1) is 0 Å². The lowest BCUT2D eigenvalue weighted by Crippen LogP contribution is -2.37. The predicted molar refractivity (Wildman–Crippen MR) is 79.7 cm³/mol. The van der Waals surface area contributed by atoms with Gasteiger partial charge in [-0.25, -0.2) is 0 Å². The van der Waals surface area contributed by atoms with Gasteiger partial charge in [0.25, 0.3) is 0 Å². The maximum Gasteiger partial charge on any atom is 0.166 e. The van der Waals surface area contributed by atoms with Gasteiger partial charge < -0.3 is 9.47 Å². The summed E-state index contributed by atoms with van der Waals surface area (Å²) in [6.07, 6.45) is -0.0355. The van der Waals surface area contributed by atoms with Gasteiger partial charge in [-0.3, -0.25) is 4.79 Å². The first-order chi connectivity index (χ1) is 8.79. The van der Waals surface area contributed by atoms with Gasteiger partial charge in [-0.05, 0) is 39.0 Å². The second kappa shape index (κ2) is 6.53. The zero-order valence-corrected chi connectivity index (χ0v) is 13.7. The molecule has 0 bridgehead atoms. The maximum atomic E-state index is 12.3. The Kier molecular flexibility index (Phi) is 5.56. The third kappa shape index (κ3) is 4.32. The first-order valence-electron chi connectivity index (χ1n) is 6.17. The zero-order chi connectivity index (χ0) is 14.6. The van der Waals surface area contributed by atoms with E-state index in [4.69, 9.17) is 9.47 Å². The molecule has 106 valence electrons. The summed E-state index contributed by atoms with van der Waals surface area (Å²) in [5.41, 5.74) is 0.749. The van der Waals surface area contributed by atoms with Crippen molar-refractivity contribution in [2.45, 2.75) is 33.3 Å². The SMILES string of the molecule is COc1ccc(CC(=O)C(OC)C(C)(C)C)cc1Br. The van der Waals surface area contributed by atoms with Crippen molar-refractivity contribution in [2.75, 3.05) is 14.2 Å². The highest BCUT2D eigenvalue weighted by Crippen LogP contribution is 2.27. The first-order valence-corrected chi connectivity index (χ1v) is 6.96. The Morgan fingerprint density at radius 1 is 1.32 bits per heavy atom. The van der Waals surface area contributed by atoms with Crippen LogP contribution in [0.4, 0.5) is 0 Å². The molecule has 1 rings (SSSR count). The molecule has 4 heteroatoms. The van der Waals surface area contributed by atoms with Crippen molar-refractivity contribution < 1.29 is 14.3 Å². The van der Waals surface area contributed by atoms with Crippen molar-refractivity contribution in [1.82, 2.24) is 0 Å². The van der Waals surface area contributed by atoms with Gasteiger partial charge in [0.2, 0.25) is 0 Å². The van der Waals surface area contributed by atoms with Gasteiger partial charge in [0, 0.05) is 13.5 Å². The second-order valence-electron chi connectivity index (χ2n) is 5.59. The minimum Gasteiger partial charge on any atom is -0.496 e. The topological polar surface area (TPSA) is 35.5 Å². The van der Waals surface area contributed by atoms with Crippen LogP contribution in [0, 0.1) is 5.41 Å². The largest absolute Gasteiger partial charge is 0.496 e. The Hall–Kier alpha value is -0.870. The van der Waals surface area contributed by atoms with Gasteiger partial charge in [-0.1, -0.05) is 26.8 Å². The van der Waals surface area contributed by atoms with E-state index in [0.717, 1.165) is 15.8 Å². The quantitative estimate of drug-likeness (QED) is 0.827. The molecule has 0 spiro atoms. The highest BCUT2D eigenvalue weighted by atomic mass is 79.9. The highest BCUT2D eigenvalue weighted by Gasteiger charge is 2.30. The molecule has 0 aliphatic heterocycles. The number of carbonyl (C=O) groups excluding carboxylic acids is 1. The lowest BCUT2D eigenvalue weighted by Gasteiger charge is -2.28. The van der Waals surface area contributed by atoms with Crippen molar-refractivity contribution in [3.8, 4) is 5.75 Å². The maximum absolute atomic E-state index is 12.3. The minimum atomic E-state index is -0.395. The molecular weight excluding hydrogens is 308 g/mol. The van der Waals surface area contributed by atoms with Crippen LogP contribution < -0.4 is 4.74 Å². The highest BCUT2D eigenvalue weighted by molar-refractivity contribution is 9.10. The molecule has 0 N–H and O–H groups in total. The van der Waals surface area contributed by atoms with Crippen LogP contribution in [0.5, 0.6) is 5.75 Å². The van der Waals surface area contributed by atoms with Crippen molar-refractivity contribution >= 4 is 21.7 Å². The molecule has 0 heterocycles. The standard InChI is InChI=1S/C15H21BrO3/c1-15(2,3)14(19-5)12(17)9-10-6-7-13(18-4)11(16)8-10/h6-8,14H,9H2,1-5H3. The number of halogens is 1. The van der Waals surface area contributed by atoms with Gasteiger partial charge in [0.1, 0.15) is 11.9 Å². The number of hydrogen-bond donors (Lipinski definition) is 0. The summed E-state index contributed by atoms with van der Waals surface area (Å²) >= 11 is 3.42. The van der Waals surface area contributed by atoms with Crippen LogP contribution in [0.1, 0.15) is 26.3 Å². The number of rotatable bonds is 5. The average Bonchev–Trinajstić information content (AvgIpc) is 2.28. The van der Waals surface area contributed by atoms with E-state index in [1.165, 1.54) is 0 Å². The summed E-state index contributed by atoms with van der Waals surface area (Å²) < 4.78 is 11.4. The van der Waals surface area contributed by atoms with E-state index in [0.29, 0.717) is 6.42 Å². The van der Waals surface area contributed by atoms with Crippen LogP contribution in [0.3, 0.4) is 0 Å². The third-order valence-electron chi connectivity index (χ3n) is 2.91. The van der Waals surface area contributed by atoms with E-state index in [9.17, 15) is 4.79 Å². The molecule has 0 radical (unpaired) electrons. The van der Waals surface area contributed by atoms with Gasteiger partial charge in [-0.2, -0.15) is 0 Å². The Morgan fingerprint density at radius 3 is 2.37 bits per heavy atom. The number of benzene rings is 1. The van der Waals surface area contributed by atoms with Gasteiger partial charge >= 0.3 is 0 Å². The van der Waals surface area contributed by atoms with Crippen LogP contribution in [0.25, 0.3) is 0 Å². The summed E-state index contributed by atoms with van der Waals surface area (Å²) in [6.45, 7) is 6.01. The Bertz CT molecular complexity index is 449. The second-order valence-corrected chi connectivity index (χ2v) is 6.45. The Labute approximate surface area is 123 Å². The monoisotopic (exact) mass is 328 g/mol. The number of methoxy groups -OCH3 is 2. The summed E-state index contributed by atoms with van der Waals surface area (Å²) in [5, 5.41) is 0. The van der Waals surface area contributed by atoms with Crippen molar-refractivity contribution in [3.05, 3.63) is 28.2 Å². The molecule has 0 amide bonds. The number of carbonyl (C=O) groups is 1.